The number of benzene rings is 4. The van der Waals surface area contributed by atoms with Crippen molar-refractivity contribution in [2.24, 2.45) is 5.14 Å². The Bertz CT molecular complexity index is 1510. The molecule has 1 unspecified atom stereocenters. The molecule has 0 saturated heterocycles. The van der Waals surface area contributed by atoms with Gasteiger partial charge in [-0.15, -0.1) is 11.8 Å². The molecule has 4 aromatic carbocycles. The highest BCUT2D eigenvalue weighted by Crippen LogP contribution is 2.36. The van der Waals surface area contributed by atoms with Gasteiger partial charge in [0, 0.05) is 26.9 Å². The highest BCUT2D eigenvalue weighted by Gasteiger charge is 2.22. The van der Waals surface area contributed by atoms with Gasteiger partial charge in [-0.1, -0.05) is 48.0 Å². The molecular formula is C27H22ClN3O4S2. The fourth-order valence-corrected chi connectivity index (χ4v) is 5.15. The van der Waals surface area contributed by atoms with Crippen LogP contribution < -0.4 is 15.8 Å². The Morgan fingerprint density at radius 3 is 2.03 bits per heavy atom. The molecule has 2 amide bonds. The summed E-state index contributed by atoms with van der Waals surface area (Å²) in [6.45, 7) is 0. The van der Waals surface area contributed by atoms with E-state index >= 15 is 0 Å². The smallest absolute Gasteiger partial charge is 0.255 e. The number of carbonyl (C=O) groups is 2. The van der Waals surface area contributed by atoms with Crippen molar-refractivity contribution in [1.82, 2.24) is 0 Å². The second kappa shape index (κ2) is 11.6. The zero-order valence-electron chi connectivity index (χ0n) is 19.3. The van der Waals surface area contributed by atoms with Gasteiger partial charge in [0.1, 0.15) is 5.25 Å². The molecule has 0 aliphatic heterocycles. The SMILES string of the molecule is NS(=O)(=O)c1ccc(NC(=O)C(Sc2ccc(NC(=O)c3cccc(Cl)c3)cc2)c2ccccc2)cc1. The summed E-state index contributed by atoms with van der Waals surface area (Å²) in [4.78, 5) is 26.5. The second-order valence-corrected chi connectivity index (χ2v) is 11.1. The van der Waals surface area contributed by atoms with E-state index in [-0.39, 0.29) is 16.7 Å². The molecule has 0 spiro atoms. The molecule has 0 radical (unpaired) electrons. The minimum atomic E-state index is -3.83. The number of hydrogen-bond acceptors (Lipinski definition) is 5. The predicted molar refractivity (Wildman–Crippen MR) is 147 cm³/mol. The number of sulfonamides is 1. The average Bonchev–Trinajstić information content (AvgIpc) is 2.88. The highest BCUT2D eigenvalue weighted by molar-refractivity contribution is 8.00. The zero-order valence-corrected chi connectivity index (χ0v) is 21.7. The van der Waals surface area contributed by atoms with Gasteiger partial charge in [0.05, 0.1) is 4.90 Å². The summed E-state index contributed by atoms with van der Waals surface area (Å²) in [5.74, 6) is -0.559. The van der Waals surface area contributed by atoms with Gasteiger partial charge in [-0.2, -0.15) is 0 Å². The standard InChI is InChI=1S/C27H22ClN3O4S2/c28-20-8-4-7-19(17-20)26(32)30-21-9-13-23(14-10-21)36-25(18-5-2-1-3-6-18)27(33)31-22-11-15-24(16-12-22)37(29,34)35/h1-17,25H,(H,30,32)(H,31,33)(H2,29,34,35). The quantitative estimate of drug-likeness (QED) is 0.242. The third kappa shape index (κ3) is 7.21. The Labute approximate surface area is 224 Å². The van der Waals surface area contributed by atoms with E-state index in [0.29, 0.717) is 22.0 Å². The van der Waals surface area contributed by atoms with Crippen LogP contribution >= 0.6 is 23.4 Å². The first-order valence-corrected chi connectivity index (χ1v) is 13.8. The molecule has 0 aromatic heterocycles. The lowest BCUT2D eigenvalue weighted by atomic mass is 10.1. The van der Waals surface area contributed by atoms with Crippen molar-refractivity contribution < 1.29 is 18.0 Å². The number of nitrogens with one attached hydrogen (secondary N) is 2. The molecule has 4 rings (SSSR count). The maximum absolute atomic E-state index is 13.3. The minimum Gasteiger partial charge on any atom is -0.325 e. The van der Waals surface area contributed by atoms with Crippen LogP contribution in [0.15, 0.2) is 113 Å². The summed E-state index contributed by atoms with van der Waals surface area (Å²) in [7, 11) is -3.83. The van der Waals surface area contributed by atoms with E-state index in [9.17, 15) is 18.0 Å². The number of anilines is 2. The van der Waals surface area contributed by atoms with Gasteiger partial charge in [-0.25, -0.2) is 13.6 Å². The lowest BCUT2D eigenvalue weighted by Crippen LogP contribution is -2.19. The Morgan fingerprint density at radius 1 is 0.784 bits per heavy atom. The molecule has 37 heavy (non-hydrogen) atoms. The fourth-order valence-electron chi connectivity index (χ4n) is 3.42. The van der Waals surface area contributed by atoms with Crippen molar-refractivity contribution >= 4 is 56.6 Å². The molecule has 0 bridgehead atoms. The summed E-state index contributed by atoms with van der Waals surface area (Å²) in [6.07, 6.45) is 0. The molecular weight excluding hydrogens is 530 g/mol. The van der Waals surface area contributed by atoms with Crippen molar-refractivity contribution in [2.75, 3.05) is 10.6 Å². The topological polar surface area (TPSA) is 118 Å². The Morgan fingerprint density at radius 2 is 1.41 bits per heavy atom. The van der Waals surface area contributed by atoms with Crippen LogP contribution in [0.4, 0.5) is 11.4 Å². The molecule has 1 atom stereocenters. The Kier molecular flexibility index (Phi) is 8.30. The van der Waals surface area contributed by atoms with E-state index in [0.717, 1.165) is 10.5 Å². The van der Waals surface area contributed by atoms with Crippen LogP contribution in [0.3, 0.4) is 0 Å². The molecule has 0 aliphatic carbocycles. The predicted octanol–water partition coefficient (Wildman–Crippen LogP) is 5.71. The summed E-state index contributed by atoms with van der Waals surface area (Å²) in [6, 6.07) is 28.8. The number of halogens is 1. The van der Waals surface area contributed by atoms with Crippen LogP contribution in [0, 0.1) is 0 Å². The maximum Gasteiger partial charge on any atom is 0.255 e. The van der Waals surface area contributed by atoms with Crippen molar-refractivity contribution in [1.29, 1.82) is 0 Å². The maximum atomic E-state index is 13.3. The van der Waals surface area contributed by atoms with Crippen LogP contribution in [0.2, 0.25) is 5.02 Å². The number of primary sulfonamides is 1. The molecule has 0 heterocycles. The molecule has 10 heteroatoms. The average molecular weight is 552 g/mol. The first-order valence-electron chi connectivity index (χ1n) is 11.0. The van der Waals surface area contributed by atoms with Crippen LogP contribution in [0.25, 0.3) is 0 Å². The lowest BCUT2D eigenvalue weighted by Gasteiger charge is -2.17. The van der Waals surface area contributed by atoms with Gasteiger partial charge in [0.25, 0.3) is 5.91 Å². The number of nitrogens with two attached hydrogens (primary N) is 1. The van der Waals surface area contributed by atoms with Crippen LogP contribution in [0.1, 0.15) is 21.2 Å². The molecule has 0 fully saturated rings. The van der Waals surface area contributed by atoms with Gasteiger partial charge in [0.2, 0.25) is 15.9 Å². The van der Waals surface area contributed by atoms with E-state index in [1.54, 1.807) is 36.4 Å². The monoisotopic (exact) mass is 551 g/mol. The number of carbonyl (C=O) groups excluding carboxylic acids is 2. The van der Waals surface area contributed by atoms with Crippen LogP contribution in [0.5, 0.6) is 0 Å². The first-order chi connectivity index (χ1) is 17.7. The van der Waals surface area contributed by atoms with Gasteiger partial charge in [-0.3, -0.25) is 9.59 Å². The first kappa shape index (κ1) is 26.4. The number of hydrogen-bond donors (Lipinski definition) is 3. The van der Waals surface area contributed by atoms with Crippen molar-refractivity contribution in [2.45, 2.75) is 15.0 Å². The third-order valence-corrected chi connectivity index (χ3v) is 7.67. The van der Waals surface area contributed by atoms with E-state index < -0.39 is 15.3 Å². The third-order valence-electron chi connectivity index (χ3n) is 5.24. The molecule has 0 saturated carbocycles. The molecule has 0 aliphatic rings. The van der Waals surface area contributed by atoms with E-state index in [4.69, 9.17) is 16.7 Å². The zero-order chi connectivity index (χ0) is 26.4. The van der Waals surface area contributed by atoms with E-state index in [1.165, 1.54) is 36.0 Å². The van der Waals surface area contributed by atoms with Gasteiger partial charge in [-0.05, 0) is 72.3 Å². The van der Waals surface area contributed by atoms with E-state index in [1.807, 2.05) is 42.5 Å². The van der Waals surface area contributed by atoms with Crippen LogP contribution in [-0.4, -0.2) is 20.2 Å². The fraction of sp³-hybridized carbons (Fsp3) is 0.0370. The van der Waals surface area contributed by atoms with Gasteiger partial charge in [0.15, 0.2) is 0 Å². The summed E-state index contributed by atoms with van der Waals surface area (Å²) in [5.41, 5.74) is 2.29. The Hall–Kier alpha value is -3.63. The summed E-state index contributed by atoms with van der Waals surface area (Å²) >= 11 is 7.31. The minimum absolute atomic E-state index is 0.0398. The van der Waals surface area contributed by atoms with Crippen molar-refractivity contribution in [3.63, 3.8) is 0 Å². The van der Waals surface area contributed by atoms with Crippen molar-refractivity contribution in [3.8, 4) is 0 Å². The Balaban J connectivity index is 1.48. The van der Waals surface area contributed by atoms with Gasteiger partial charge < -0.3 is 10.6 Å². The van der Waals surface area contributed by atoms with Crippen molar-refractivity contribution in [3.05, 3.63) is 119 Å². The molecule has 4 N–H and O–H groups in total. The normalized spacial score (nSPS) is 11.9. The second-order valence-electron chi connectivity index (χ2n) is 7.96. The largest absolute Gasteiger partial charge is 0.325 e. The lowest BCUT2D eigenvalue weighted by molar-refractivity contribution is -0.115. The number of rotatable bonds is 8. The number of amides is 2. The van der Waals surface area contributed by atoms with Gasteiger partial charge >= 0.3 is 0 Å². The highest BCUT2D eigenvalue weighted by atomic mass is 35.5. The van der Waals surface area contributed by atoms with Crippen LogP contribution in [-0.2, 0) is 14.8 Å². The molecule has 4 aromatic rings. The summed E-state index contributed by atoms with van der Waals surface area (Å²) < 4.78 is 23.0. The molecule has 7 nitrogen and oxygen atoms in total. The summed E-state index contributed by atoms with van der Waals surface area (Å²) in [5, 5.41) is 10.7. The molecule has 188 valence electrons. The van der Waals surface area contributed by atoms with E-state index in [2.05, 4.69) is 10.6 Å². The number of thioether (sulfide) groups is 1.